The number of benzene rings is 3. The van der Waals surface area contributed by atoms with Crippen LogP contribution in [0.5, 0.6) is 5.75 Å². The second-order valence-electron chi connectivity index (χ2n) is 7.90. The van der Waals surface area contributed by atoms with Gasteiger partial charge in [0.25, 0.3) is 0 Å². The number of nitrogens with one attached hydrogen (secondary N) is 1. The number of ether oxygens (including phenoxy) is 1. The number of anilines is 1. The average molecular weight is 519 g/mol. The molecule has 0 aromatic heterocycles. The van der Waals surface area contributed by atoms with Crippen LogP contribution in [0, 0.1) is 0 Å². The van der Waals surface area contributed by atoms with Crippen molar-refractivity contribution in [3.8, 4) is 5.75 Å². The zero-order valence-electron chi connectivity index (χ0n) is 18.5. The first-order valence-corrected chi connectivity index (χ1v) is 13.1. The molecule has 0 spiro atoms. The molecular formula is C25H24Cl2N2O4S. The Balaban J connectivity index is 1.64. The summed E-state index contributed by atoms with van der Waals surface area (Å²) in [7, 11) is -3.86. The lowest BCUT2D eigenvalue weighted by molar-refractivity contribution is -0.117. The van der Waals surface area contributed by atoms with Crippen molar-refractivity contribution in [1.29, 1.82) is 0 Å². The van der Waals surface area contributed by atoms with Crippen molar-refractivity contribution in [2.45, 2.75) is 30.7 Å². The number of fused-ring (bicyclic) bond motifs is 1. The summed E-state index contributed by atoms with van der Waals surface area (Å²) >= 11 is 12.1. The fourth-order valence-electron chi connectivity index (χ4n) is 4.15. The number of carbonyl (C=O) groups is 1. The van der Waals surface area contributed by atoms with Gasteiger partial charge in [0.15, 0.2) is 0 Å². The van der Waals surface area contributed by atoms with Crippen molar-refractivity contribution in [3.63, 3.8) is 0 Å². The normalized spacial score (nSPS) is 16.0. The van der Waals surface area contributed by atoms with E-state index < -0.39 is 16.1 Å². The van der Waals surface area contributed by atoms with Crippen LogP contribution in [0.25, 0.3) is 0 Å². The van der Waals surface area contributed by atoms with Crippen LogP contribution in [0.3, 0.4) is 0 Å². The second-order valence-corrected chi connectivity index (χ2v) is 10.7. The number of nitrogens with zero attached hydrogens (tertiary/aromatic N) is 1. The predicted molar refractivity (Wildman–Crippen MR) is 134 cm³/mol. The molecule has 0 radical (unpaired) electrons. The van der Waals surface area contributed by atoms with E-state index in [9.17, 15) is 13.2 Å². The quantitative estimate of drug-likeness (QED) is 0.434. The molecule has 1 atom stereocenters. The first-order valence-electron chi connectivity index (χ1n) is 10.9. The molecule has 3 aromatic rings. The zero-order valence-corrected chi connectivity index (χ0v) is 20.8. The van der Waals surface area contributed by atoms with Crippen LogP contribution in [0.1, 0.15) is 30.5 Å². The molecule has 1 amide bonds. The molecular weight excluding hydrogens is 495 g/mol. The van der Waals surface area contributed by atoms with Crippen LogP contribution in [-0.2, 0) is 21.2 Å². The van der Waals surface area contributed by atoms with E-state index in [1.54, 1.807) is 30.3 Å². The molecule has 4 rings (SSSR count). The number of sulfonamides is 1. The monoisotopic (exact) mass is 518 g/mol. The standard InChI is InChI=1S/C25H24Cl2N2O4S/c1-2-33-21-7-9-22(10-8-21)34(31,32)29-12-11-17-5-3-4-6-23(17)24(29)16-25(30)28-20-14-18(26)13-19(27)15-20/h3-10,13-15,24H,2,11-12,16H2,1H3,(H,28,30). The molecule has 0 bridgehead atoms. The first-order chi connectivity index (χ1) is 16.3. The van der Waals surface area contributed by atoms with Crippen molar-refractivity contribution >= 4 is 44.8 Å². The number of carbonyl (C=O) groups excluding carboxylic acids is 1. The smallest absolute Gasteiger partial charge is 0.243 e. The van der Waals surface area contributed by atoms with Crippen molar-refractivity contribution in [3.05, 3.63) is 87.9 Å². The molecule has 0 saturated heterocycles. The lowest BCUT2D eigenvalue weighted by atomic mass is 9.92. The molecule has 0 saturated carbocycles. The minimum absolute atomic E-state index is 0.0581. The molecule has 178 valence electrons. The number of hydrogen-bond donors (Lipinski definition) is 1. The second kappa shape index (κ2) is 10.4. The average Bonchev–Trinajstić information content (AvgIpc) is 2.79. The SMILES string of the molecule is CCOc1ccc(S(=O)(=O)N2CCc3ccccc3C2CC(=O)Nc2cc(Cl)cc(Cl)c2)cc1. The minimum atomic E-state index is -3.86. The van der Waals surface area contributed by atoms with Gasteiger partial charge in [0.1, 0.15) is 5.75 Å². The molecule has 0 fully saturated rings. The van der Waals surface area contributed by atoms with Crippen molar-refractivity contribution in [1.82, 2.24) is 4.31 Å². The maximum Gasteiger partial charge on any atom is 0.243 e. The third-order valence-electron chi connectivity index (χ3n) is 5.63. The zero-order chi connectivity index (χ0) is 24.3. The predicted octanol–water partition coefficient (Wildman–Crippen LogP) is 5.71. The van der Waals surface area contributed by atoms with E-state index >= 15 is 0 Å². The third kappa shape index (κ3) is 5.39. The summed E-state index contributed by atoms with van der Waals surface area (Å²) in [6.07, 6.45) is 0.506. The van der Waals surface area contributed by atoms with Gasteiger partial charge >= 0.3 is 0 Å². The molecule has 1 aliphatic rings. The van der Waals surface area contributed by atoms with Gasteiger partial charge in [-0.25, -0.2) is 8.42 Å². The van der Waals surface area contributed by atoms with Gasteiger partial charge in [0, 0.05) is 28.7 Å². The van der Waals surface area contributed by atoms with Crippen LogP contribution in [0.15, 0.2) is 71.6 Å². The van der Waals surface area contributed by atoms with Crippen molar-refractivity contribution in [2.24, 2.45) is 0 Å². The molecule has 34 heavy (non-hydrogen) atoms. The summed E-state index contributed by atoms with van der Waals surface area (Å²) in [6, 6.07) is 18.1. The maximum atomic E-state index is 13.6. The van der Waals surface area contributed by atoms with Gasteiger partial charge in [-0.2, -0.15) is 4.31 Å². The summed E-state index contributed by atoms with van der Waals surface area (Å²) in [6.45, 7) is 2.63. The highest BCUT2D eigenvalue weighted by Gasteiger charge is 2.37. The van der Waals surface area contributed by atoms with E-state index in [0.29, 0.717) is 34.5 Å². The summed E-state index contributed by atoms with van der Waals surface area (Å²) in [5.41, 5.74) is 2.30. The highest BCUT2D eigenvalue weighted by molar-refractivity contribution is 7.89. The molecule has 1 aliphatic heterocycles. The summed E-state index contributed by atoms with van der Waals surface area (Å²) in [5.74, 6) is 0.258. The van der Waals surface area contributed by atoms with Gasteiger partial charge in [-0.1, -0.05) is 47.5 Å². The summed E-state index contributed by atoms with van der Waals surface area (Å²) in [4.78, 5) is 13.2. The molecule has 1 heterocycles. The van der Waals surface area contributed by atoms with Crippen molar-refractivity contribution < 1.29 is 17.9 Å². The molecule has 0 aliphatic carbocycles. The van der Waals surface area contributed by atoms with Gasteiger partial charge < -0.3 is 10.1 Å². The van der Waals surface area contributed by atoms with E-state index in [-0.39, 0.29) is 23.8 Å². The van der Waals surface area contributed by atoms with Gasteiger partial charge in [0.2, 0.25) is 15.9 Å². The van der Waals surface area contributed by atoms with E-state index in [2.05, 4.69) is 5.32 Å². The fourth-order valence-corrected chi connectivity index (χ4v) is 6.28. The molecule has 1 N–H and O–H groups in total. The highest BCUT2D eigenvalue weighted by Crippen LogP contribution is 2.37. The fraction of sp³-hybridized carbons (Fsp3) is 0.240. The Bertz CT molecular complexity index is 1280. The Morgan fingerprint density at radius 1 is 1.06 bits per heavy atom. The van der Waals surface area contributed by atoms with Crippen LogP contribution < -0.4 is 10.1 Å². The van der Waals surface area contributed by atoms with Gasteiger partial charge in [-0.05, 0) is 66.9 Å². The topological polar surface area (TPSA) is 75.7 Å². The van der Waals surface area contributed by atoms with Crippen LogP contribution in [-0.4, -0.2) is 31.8 Å². The number of amides is 1. The van der Waals surface area contributed by atoms with Crippen molar-refractivity contribution in [2.75, 3.05) is 18.5 Å². The Kier molecular flexibility index (Phi) is 7.48. The number of rotatable bonds is 7. The van der Waals surface area contributed by atoms with Gasteiger partial charge in [-0.15, -0.1) is 0 Å². The minimum Gasteiger partial charge on any atom is -0.494 e. The largest absolute Gasteiger partial charge is 0.494 e. The van der Waals surface area contributed by atoms with Crippen LogP contribution >= 0.6 is 23.2 Å². The molecule has 3 aromatic carbocycles. The van der Waals surface area contributed by atoms with E-state index in [4.69, 9.17) is 27.9 Å². The van der Waals surface area contributed by atoms with Crippen LogP contribution in [0.4, 0.5) is 5.69 Å². The molecule has 1 unspecified atom stereocenters. The third-order valence-corrected chi connectivity index (χ3v) is 7.99. The first kappa shape index (κ1) is 24.5. The van der Waals surface area contributed by atoms with E-state index in [1.807, 2.05) is 31.2 Å². The lowest BCUT2D eigenvalue weighted by Crippen LogP contribution is -2.41. The lowest BCUT2D eigenvalue weighted by Gasteiger charge is -2.36. The molecule has 9 heteroatoms. The van der Waals surface area contributed by atoms with Gasteiger partial charge in [-0.3, -0.25) is 4.79 Å². The Morgan fingerprint density at radius 3 is 2.41 bits per heavy atom. The van der Waals surface area contributed by atoms with Crippen LogP contribution in [0.2, 0.25) is 10.0 Å². The summed E-state index contributed by atoms with van der Waals surface area (Å²) in [5, 5.41) is 3.58. The number of hydrogen-bond acceptors (Lipinski definition) is 4. The highest BCUT2D eigenvalue weighted by atomic mass is 35.5. The van der Waals surface area contributed by atoms with E-state index in [0.717, 1.165) is 11.1 Å². The number of halogens is 2. The Hall–Kier alpha value is -2.58. The maximum absolute atomic E-state index is 13.6. The van der Waals surface area contributed by atoms with Gasteiger partial charge in [0.05, 0.1) is 17.5 Å². The Morgan fingerprint density at radius 2 is 1.74 bits per heavy atom. The molecule has 6 nitrogen and oxygen atoms in total. The summed E-state index contributed by atoms with van der Waals surface area (Å²) < 4.78 is 34.1. The Labute approximate surface area is 209 Å². The van der Waals surface area contributed by atoms with E-state index in [1.165, 1.54) is 16.4 Å².